The zero-order valence-corrected chi connectivity index (χ0v) is 12.4. The number of aryl methyl sites for hydroxylation is 1. The van der Waals surface area contributed by atoms with Gasteiger partial charge in [-0.25, -0.2) is 0 Å². The molecule has 1 rings (SSSR count). The lowest BCUT2D eigenvalue weighted by atomic mass is 9.94. The maximum Gasteiger partial charge on any atom is 0.125 e. The summed E-state index contributed by atoms with van der Waals surface area (Å²) in [5, 5.41) is 0. The van der Waals surface area contributed by atoms with Crippen molar-refractivity contribution in [2.45, 2.75) is 20.8 Å². The molecule has 0 saturated heterocycles. The van der Waals surface area contributed by atoms with Gasteiger partial charge in [0, 0.05) is 18.0 Å². The summed E-state index contributed by atoms with van der Waals surface area (Å²) in [6.45, 7) is 8.13. The highest BCUT2D eigenvalue weighted by Crippen LogP contribution is 2.25. The van der Waals surface area contributed by atoms with Crippen molar-refractivity contribution in [3.63, 3.8) is 0 Å². The Balaban J connectivity index is 2.63. The molecule has 0 aliphatic rings. The van der Waals surface area contributed by atoms with Crippen LogP contribution in [0.15, 0.2) is 18.2 Å². The Morgan fingerprint density at radius 2 is 1.89 bits per heavy atom. The second kappa shape index (κ2) is 6.10. The average Bonchev–Trinajstić information content (AvgIpc) is 2.26. The number of benzene rings is 1. The molecule has 1 aromatic rings. The van der Waals surface area contributed by atoms with Gasteiger partial charge in [0.2, 0.25) is 0 Å². The molecule has 0 N–H and O–H groups in total. The van der Waals surface area contributed by atoms with E-state index in [9.17, 15) is 0 Å². The predicted molar refractivity (Wildman–Crippen MR) is 75.6 cm³/mol. The fourth-order valence-electron chi connectivity index (χ4n) is 2.07. The monoisotopic (exact) mass is 251 g/mol. The van der Waals surface area contributed by atoms with Crippen LogP contribution in [0.1, 0.15) is 19.4 Å². The van der Waals surface area contributed by atoms with E-state index in [1.807, 2.05) is 25.1 Å². The van der Waals surface area contributed by atoms with E-state index in [1.165, 1.54) is 0 Å². The summed E-state index contributed by atoms with van der Waals surface area (Å²) >= 11 is 0. The standard InChI is InChI=1S/C15H25NO2/c1-12-7-8-13(9-14(12)17-6)18-11-15(2,3)10-16(4)5/h7-9H,10-11H2,1-6H3. The molecule has 0 heterocycles. The largest absolute Gasteiger partial charge is 0.496 e. The second-order valence-corrected chi connectivity index (χ2v) is 5.82. The van der Waals surface area contributed by atoms with Crippen LogP contribution in [0.5, 0.6) is 11.5 Å². The molecule has 3 nitrogen and oxygen atoms in total. The number of methoxy groups -OCH3 is 1. The number of hydrogen-bond acceptors (Lipinski definition) is 3. The van der Waals surface area contributed by atoms with E-state index in [0.29, 0.717) is 6.61 Å². The molecule has 0 saturated carbocycles. The Morgan fingerprint density at radius 3 is 2.44 bits per heavy atom. The maximum atomic E-state index is 5.86. The molecule has 0 unspecified atom stereocenters. The average molecular weight is 251 g/mol. The van der Waals surface area contributed by atoms with Crippen LogP contribution in [0.3, 0.4) is 0 Å². The molecule has 102 valence electrons. The van der Waals surface area contributed by atoms with E-state index in [0.717, 1.165) is 23.6 Å². The third-order valence-electron chi connectivity index (χ3n) is 2.75. The molecule has 0 spiro atoms. The fourth-order valence-corrected chi connectivity index (χ4v) is 2.07. The predicted octanol–water partition coefficient (Wildman–Crippen LogP) is 2.97. The van der Waals surface area contributed by atoms with Crippen LogP contribution >= 0.6 is 0 Å². The zero-order valence-electron chi connectivity index (χ0n) is 12.4. The van der Waals surface area contributed by atoms with Crippen LogP contribution in [-0.4, -0.2) is 39.3 Å². The van der Waals surface area contributed by atoms with Crippen molar-refractivity contribution in [3.05, 3.63) is 23.8 Å². The van der Waals surface area contributed by atoms with Crippen molar-refractivity contribution in [2.24, 2.45) is 5.41 Å². The van der Waals surface area contributed by atoms with Crippen LogP contribution in [0.2, 0.25) is 0 Å². The normalized spacial score (nSPS) is 11.7. The van der Waals surface area contributed by atoms with Crippen LogP contribution in [0.25, 0.3) is 0 Å². The number of nitrogens with zero attached hydrogens (tertiary/aromatic N) is 1. The first-order chi connectivity index (χ1) is 8.34. The lowest BCUT2D eigenvalue weighted by Gasteiger charge is -2.28. The quantitative estimate of drug-likeness (QED) is 0.776. The first kappa shape index (κ1) is 14.8. The highest BCUT2D eigenvalue weighted by atomic mass is 16.5. The number of rotatable bonds is 6. The summed E-state index contributed by atoms with van der Waals surface area (Å²) in [5.74, 6) is 1.74. The van der Waals surface area contributed by atoms with Gasteiger partial charge in [0.15, 0.2) is 0 Å². The molecular weight excluding hydrogens is 226 g/mol. The Bertz CT molecular complexity index is 386. The summed E-state index contributed by atoms with van der Waals surface area (Å²) in [4.78, 5) is 2.18. The summed E-state index contributed by atoms with van der Waals surface area (Å²) < 4.78 is 11.2. The third kappa shape index (κ3) is 4.57. The van der Waals surface area contributed by atoms with Crippen molar-refractivity contribution >= 4 is 0 Å². The molecule has 0 atom stereocenters. The van der Waals surface area contributed by atoms with Gasteiger partial charge in [-0.15, -0.1) is 0 Å². The Hall–Kier alpha value is -1.22. The van der Waals surface area contributed by atoms with Gasteiger partial charge in [0.05, 0.1) is 13.7 Å². The zero-order chi connectivity index (χ0) is 13.8. The SMILES string of the molecule is COc1cc(OCC(C)(C)CN(C)C)ccc1C. The van der Waals surface area contributed by atoms with E-state index in [-0.39, 0.29) is 5.41 Å². The van der Waals surface area contributed by atoms with Gasteiger partial charge in [-0.05, 0) is 32.6 Å². The van der Waals surface area contributed by atoms with Gasteiger partial charge in [-0.1, -0.05) is 19.9 Å². The molecule has 3 heteroatoms. The van der Waals surface area contributed by atoms with Gasteiger partial charge in [-0.2, -0.15) is 0 Å². The Labute approximate surface area is 111 Å². The Morgan fingerprint density at radius 1 is 1.22 bits per heavy atom. The summed E-state index contributed by atoms with van der Waals surface area (Å²) in [6.07, 6.45) is 0. The summed E-state index contributed by atoms with van der Waals surface area (Å²) in [7, 11) is 5.84. The Kier molecular flexibility index (Phi) is 5.03. The van der Waals surface area contributed by atoms with Crippen LogP contribution < -0.4 is 9.47 Å². The van der Waals surface area contributed by atoms with E-state index < -0.39 is 0 Å². The molecule has 0 aromatic heterocycles. The molecule has 18 heavy (non-hydrogen) atoms. The molecular formula is C15H25NO2. The van der Waals surface area contributed by atoms with Gasteiger partial charge in [0.1, 0.15) is 11.5 Å². The highest BCUT2D eigenvalue weighted by molar-refractivity contribution is 5.39. The maximum absolute atomic E-state index is 5.86. The lowest BCUT2D eigenvalue weighted by molar-refractivity contribution is 0.141. The number of ether oxygens (including phenoxy) is 2. The van der Waals surface area contributed by atoms with E-state index in [4.69, 9.17) is 9.47 Å². The van der Waals surface area contributed by atoms with Gasteiger partial charge in [0.25, 0.3) is 0 Å². The molecule has 0 bridgehead atoms. The van der Waals surface area contributed by atoms with Crippen molar-refractivity contribution < 1.29 is 9.47 Å². The smallest absolute Gasteiger partial charge is 0.125 e. The van der Waals surface area contributed by atoms with Gasteiger partial charge in [-0.3, -0.25) is 0 Å². The first-order valence-corrected chi connectivity index (χ1v) is 6.26. The topological polar surface area (TPSA) is 21.7 Å². The van der Waals surface area contributed by atoms with E-state index >= 15 is 0 Å². The first-order valence-electron chi connectivity index (χ1n) is 6.26. The lowest BCUT2D eigenvalue weighted by Crippen LogP contribution is -2.33. The van der Waals surface area contributed by atoms with Crippen LogP contribution in [0.4, 0.5) is 0 Å². The number of hydrogen-bond donors (Lipinski definition) is 0. The van der Waals surface area contributed by atoms with Crippen molar-refractivity contribution in [2.75, 3.05) is 34.4 Å². The minimum absolute atomic E-state index is 0.127. The molecule has 0 aliphatic carbocycles. The van der Waals surface area contributed by atoms with Crippen LogP contribution in [-0.2, 0) is 0 Å². The second-order valence-electron chi connectivity index (χ2n) is 5.82. The van der Waals surface area contributed by atoms with Crippen molar-refractivity contribution in [1.29, 1.82) is 0 Å². The molecule has 0 fully saturated rings. The summed E-state index contributed by atoms with van der Waals surface area (Å²) in [6, 6.07) is 5.96. The molecule has 1 aromatic carbocycles. The fraction of sp³-hybridized carbons (Fsp3) is 0.600. The van der Waals surface area contributed by atoms with Crippen molar-refractivity contribution in [3.8, 4) is 11.5 Å². The van der Waals surface area contributed by atoms with E-state index in [2.05, 4.69) is 32.8 Å². The van der Waals surface area contributed by atoms with Gasteiger partial charge >= 0.3 is 0 Å². The summed E-state index contributed by atoms with van der Waals surface area (Å²) in [5.41, 5.74) is 1.25. The van der Waals surface area contributed by atoms with Crippen LogP contribution in [0, 0.1) is 12.3 Å². The highest BCUT2D eigenvalue weighted by Gasteiger charge is 2.20. The molecule has 0 amide bonds. The minimum Gasteiger partial charge on any atom is -0.496 e. The molecule has 0 radical (unpaired) electrons. The third-order valence-corrected chi connectivity index (χ3v) is 2.75. The van der Waals surface area contributed by atoms with Crippen molar-refractivity contribution in [1.82, 2.24) is 4.90 Å². The van der Waals surface area contributed by atoms with E-state index in [1.54, 1.807) is 7.11 Å². The molecule has 0 aliphatic heterocycles. The minimum atomic E-state index is 0.127. The van der Waals surface area contributed by atoms with Gasteiger partial charge < -0.3 is 14.4 Å².